The zero-order chi connectivity index (χ0) is 18.8. The number of amides is 2. The molecule has 1 unspecified atom stereocenters. The van der Waals surface area contributed by atoms with Crippen molar-refractivity contribution in [2.75, 3.05) is 0 Å². The topological polar surface area (TPSA) is 87.7 Å². The van der Waals surface area contributed by atoms with Gasteiger partial charge in [0.05, 0.1) is 0 Å². The molecule has 0 saturated carbocycles. The van der Waals surface area contributed by atoms with Gasteiger partial charge in [0, 0.05) is 18.1 Å². The van der Waals surface area contributed by atoms with Crippen LogP contribution >= 0.6 is 0 Å². The van der Waals surface area contributed by atoms with Gasteiger partial charge in [0.1, 0.15) is 5.75 Å². The number of rotatable bonds is 8. The Morgan fingerprint density at radius 3 is 2.42 bits per heavy atom. The van der Waals surface area contributed by atoms with Gasteiger partial charge < -0.3 is 10.1 Å². The standard InChI is InChI=1S/C20H22N2O4/c1-2-6-19(21-18(23)14-9-15-7-4-3-5-8-15)26-17-12-10-16(11-13-17)20(24)22-25/h3-5,7-14,19,25H,2,6H2,1H3,(H,21,23)(H,22,24)/b14-9+. The average Bonchev–Trinajstić information content (AvgIpc) is 2.67. The number of nitrogens with one attached hydrogen (secondary N) is 2. The molecule has 2 aromatic carbocycles. The number of carbonyl (C=O) groups is 2. The molecule has 0 bridgehead atoms. The quantitative estimate of drug-likeness (QED) is 0.294. The predicted octanol–water partition coefficient (Wildman–Crippen LogP) is 3.14. The van der Waals surface area contributed by atoms with Crippen molar-refractivity contribution in [3.8, 4) is 5.75 Å². The molecule has 3 N–H and O–H groups in total. The summed E-state index contributed by atoms with van der Waals surface area (Å²) in [6, 6.07) is 15.8. The zero-order valence-corrected chi connectivity index (χ0v) is 14.5. The highest BCUT2D eigenvalue weighted by Crippen LogP contribution is 2.15. The summed E-state index contributed by atoms with van der Waals surface area (Å²) < 4.78 is 5.79. The van der Waals surface area contributed by atoms with Crippen LogP contribution in [0.3, 0.4) is 0 Å². The second-order valence-corrected chi connectivity index (χ2v) is 5.61. The van der Waals surface area contributed by atoms with Gasteiger partial charge in [-0.3, -0.25) is 14.8 Å². The first kappa shape index (κ1) is 19.2. The van der Waals surface area contributed by atoms with Crippen LogP contribution in [0, 0.1) is 0 Å². The van der Waals surface area contributed by atoms with Gasteiger partial charge in [0.2, 0.25) is 5.91 Å². The summed E-state index contributed by atoms with van der Waals surface area (Å²) in [6.07, 6.45) is 4.20. The van der Waals surface area contributed by atoms with Crippen LogP contribution in [0.25, 0.3) is 6.08 Å². The lowest BCUT2D eigenvalue weighted by molar-refractivity contribution is -0.118. The van der Waals surface area contributed by atoms with Crippen molar-refractivity contribution in [1.82, 2.24) is 10.8 Å². The molecule has 6 nitrogen and oxygen atoms in total. The molecule has 1 atom stereocenters. The van der Waals surface area contributed by atoms with Crippen LogP contribution in [0.15, 0.2) is 60.7 Å². The number of ether oxygens (including phenoxy) is 1. The highest BCUT2D eigenvalue weighted by atomic mass is 16.5. The highest BCUT2D eigenvalue weighted by Gasteiger charge is 2.12. The molecule has 136 valence electrons. The molecule has 26 heavy (non-hydrogen) atoms. The number of hydroxylamine groups is 1. The Morgan fingerprint density at radius 2 is 1.81 bits per heavy atom. The Bertz CT molecular complexity index is 742. The molecule has 0 saturated heterocycles. The number of carbonyl (C=O) groups excluding carboxylic acids is 2. The largest absolute Gasteiger partial charge is 0.471 e. The Hall–Kier alpha value is -3.12. The number of hydrogen-bond acceptors (Lipinski definition) is 4. The Morgan fingerprint density at radius 1 is 1.12 bits per heavy atom. The third-order valence-electron chi connectivity index (χ3n) is 3.58. The maximum absolute atomic E-state index is 12.1. The molecule has 6 heteroatoms. The van der Waals surface area contributed by atoms with Crippen molar-refractivity contribution < 1.29 is 19.5 Å². The molecular weight excluding hydrogens is 332 g/mol. The summed E-state index contributed by atoms with van der Waals surface area (Å²) >= 11 is 0. The fourth-order valence-corrected chi connectivity index (χ4v) is 2.28. The lowest BCUT2D eigenvalue weighted by atomic mass is 10.2. The minimum absolute atomic E-state index is 0.247. The minimum Gasteiger partial charge on any atom is -0.471 e. The van der Waals surface area contributed by atoms with Gasteiger partial charge in [0.15, 0.2) is 6.23 Å². The lowest BCUT2D eigenvalue weighted by Gasteiger charge is -2.19. The van der Waals surface area contributed by atoms with Crippen LogP contribution in [0.4, 0.5) is 0 Å². The first-order valence-electron chi connectivity index (χ1n) is 8.37. The Kier molecular flexibility index (Phi) is 7.39. The van der Waals surface area contributed by atoms with Crippen molar-refractivity contribution in [1.29, 1.82) is 0 Å². The van der Waals surface area contributed by atoms with E-state index >= 15 is 0 Å². The SMILES string of the molecule is CCCC(NC(=O)/C=C/c1ccccc1)Oc1ccc(C(=O)NO)cc1. The van der Waals surface area contributed by atoms with E-state index in [1.165, 1.54) is 18.2 Å². The normalized spacial score (nSPS) is 11.8. The summed E-state index contributed by atoms with van der Waals surface area (Å²) in [4.78, 5) is 23.4. The van der Waals surface area contributed by atoms with E-state index < -0.39 is 12.1 Å². The van der Waals surface area contributed by atoms with E-state index in [2.05, 4.69) is 5.32 Å². The second-order valence-electron chi connectivity index (χ2n) is 5.61. The van der Waals surface area contributed by atoms with Crippen LogP contribution in [0.2, 0.25) is 0 Å². The van der Waals surface area contributed by atoms with Gasteiger partial charge in [-0.25, -0.2) is 5.48 Å². The first-order chi connectivity index (χ1) is 12.6. The van der Waals surface area contributed by atoms with E-state index in [1.807, 2.05) is 37.3 Å². The summed E-state index contributed by atoms with van der Waals surface area (Å²) in [6.45, 7) is 2.00. The average molecular weight is 354 g/mol. The van der Waals surface area contributed by atoms with Crippen molar-refractivity contribution >= 4 is 17.9 Å². The molecule has 0 aliphatic rings. The fraction of sp³-hybridized carbons (Fsp3) is 0.200. The third kappa shape index (κ3) is 6.07. The van der Waals surface area contributed by atoms with E-state index in [1.54, 1.807) is 23.7 Å². The highest BCUT2D eigenvalue weighted by molar-refractivity contribution is 5.93. The smallest absolute Gasteiger partial charge is 0.274 e. The molecule has 0 aliphatic carbocycles. The molecular formula is C20H22N2O4. The van der Waals surface area contributed by atoms with Crippen LogP contribution in [0.1, 0.15) is 35.7 Å². The van der Waals surface area contributed by atoms with Gasteiger partial charge in [-0.2, -0.15) is 0 Å². The number of benzene rings is 2. The number of hydrogen-bond donors (Lipinski definition) is 3. The van der Waals surface area contributed by atoms with Crippen molar-refractivity contribution in [3.05, 3.63) is 71.8 Å². The first-order valence-corrected chi connectivity index (χ1v) is 8.37. The van der Waals surface area contributed by atoms with Crippen LogP contribution in [-0.4, -0.2) is 23.2 Å². The molecule has 2 rings (SSSR count). The van der Waals surface area contributed by atoms with Crippen LogP contribution in [-0.2, 0) is 4.79 Å². The van der Waals surface area contributed by atoms with E-state index in [0.29, 0.717) is 17.7 Å². The maximum Gasteiger partial charge on any atom is 0.274 e. The molecule has 0 heterocycles. The molecule has 0 spiro atoms. The predicted molar refractivity (Wildman–Crippen MR) is 98.6 cm³/mol. The zero-order valence-electron chi connectivity index (χ0n) is 14.5. The molecule has 0 fully saturated rings. The third-order valence-corrected chi connectivity index (χ3v) is 3.58. The minimum atomic E-state index is -0.596. The Labute approximate surface area is 152 Å². The molecule has 0 radical (unpaired) electrons. The summed E-state index contributed by atoms with van der Waals surface area (Å²) in [7, 11) is 0. The van der Waals surface area contributed by atoms with Gasteiger partial charge in [0.25, 0.3) is 5.91 Å². The second kappa shape index (κ2) is 10.0. The van der Waals surface area contributed by atoms with Crippen LogP contribution in [0.5, 0.6) is 5.75 Å². The van der Waals surface area contributed by atoms with E-state index in [4.69, 9.17) is 9.94 Å². The lowest BCUT2D eigenvalue weighted by Crippen LogP contribution is -2.38. The van der Waals surface area contributed by atoms with E-state index in [0.717, 1.165) is 12.0 Å². The summed E-state index contributed by atoms with van der Waals surface area (Å²) in [5.74, 6) is -0.324. The van der Waals surface area contributed by atoms with Crippen LogP contribution < -0.4 is 15.5 Å². The Balaban J connectivity index is 1.96. The molecule has 0 aliphatic heterocycles. The van der Waals surface area contributed by atoms with E-state index in [9.17, 15) is 9.59 Å². The monoisotopic (exact) mass is 354 g/mol. The van der Waals surface area contributed by atoms with Crippen molar-refractivity contribution in [2.24, 2.45) is 0 Å². The molecule has 2 aromatic rings. The fourth-order valence-electron chi connectivity index (χ4n) is 2.28. The van der Waals surface area contributed by atoms with Gasteiger partial charge in [-0.1, -0.05) is 43.7 Å². The van der Waals surface area contributed by atoms with Crippen molar-refractivity contribution in [2.45, 2.75) is 26.0 Å². The molecule has 2 amide bonds. The summed E-state index contributed by atoms with van der Waals surface area (Å²) in [5.41, 5.74) is 2.82. The van der Waals surface area contributed by atoms with E-state index in [-0.39, 0.29) is 5.91 Å². The summed E-state index contributed by atoms with van der Waals surface area (Å²) in [5, 5.41) is 11.4. The van der Waals surface area contributed by atoms with Gasteiger partial charge >= 0.3 is 0 Å². The maximum atomic E-state index is 12.1. The van der Waals surface area contributed by atoms with Crippen molar-refractivity contribution in [3.63, 3.8) is 0 Å². The molecule has 0 aromatic heterocycles. The van der Waals surface area contributed by atoms with Gasteiger partial charge in [-0.15, -0.1) is 0 Å². The van der Waals surface area contributed by atoms with Gasteiger partial charge in [-0.05, 0) is 35.9 Å².